The van der Waals surface area contributed by atoms with E-state index < -0.39 is 6.10 Å². The van der Waals surface area contributed by atoms with Gasteiger partial charge in [0.05, 0.1) is 25.4 Å². The zero-order valence-electron chi connectivity index (χ0n) is 12.2. The van der Waals surface area contributed by atoms with Gasteiger partial charge in [0.1, 0.15) is 12.6 Å². The number of aliphatic hydroxyl groups excluding tert-OH is 2. The molecule has 118 valence electrons. The highest BCUT2D eigenvalue weighted by atomic mass is 35.5. The Morgan fingerprint density at radius 3 is 2.67 bits per heavy atom. The van der Waals surface area contributed by atoms with Gasteiger partial charge in [-0.2, -0.15) is 0 Å². The predicted octanol–water partition coefficient (Wildman–Crippen LogP) is 1.08. The molecule has 1 atom stereocenters. The molecule has 5 heteroatoms. The maximum absolute atomic E-state index is 9.94. The summed E-state index contributed by atoms with van der Waals surface area (Å²) >= 11 is 6.04. The summed E-state index contributed by atoms with van der Waals surface area (Å²) in [4.78, 5) is 0. The minimum atomic E-state index is -0.473. The van der Waals surface area contributed by atoms with E-state index in [2.05, 4.69) is 5.32 Å². The van der Waals surface area contributed by atoms with Crippen LogP contribution in [0.15, 0.2) is 24.3 Å². The molecule has 21 heavy (non-hydrogen) atoms. The fourth-order valence-corrected chi connectivity index (χ4v) is 2.87. The van der Waals surface area contributed by atoms with Crippen molar-refractivity contribution < 1.29 is 20.3 Å². The van der Waals surface area contributed by atoms with E-state index in [-0.39, 0.29) is 6.10 Å². The van der Waals surface area contributed by atoms with Crippen LogP contribution in [0, 0.1) is 0 Å². The molecule has 0 spiro atoms. The van der Waals surface area contributed by atoms with Crippen molar-refractivity contribution in [3.63, 3.8) is 0 Å². The fraction of sp³-hybridized carbons (Fsp3) is 0.625. The first-order chi connectivity index (χ1) is 10.1. The molecule has 0 amide bonds. The van der Waals surface area contributed by atoms with Crippen LogP contribution in [-0.4, -0.2) is 41.6 Å². The van der Waals surface area contributed by atoms with Crippen LogP contribution in [0.25, 0.3) is 0 Å². The molecule has 0 radical (unpaired) electrons. The lowest BCUT2D eigenvalue weighted by Crippen LogP contribution is -2.92. The van der Waals surface area contributed by atoms with Crippen LogP contribution in [0.3, 0.4) is 0 Å². The first-order valence-electron chi connectivity index (χ1n) is 7.65. The molecule has 4 nitrogen and oxygen atoms in total. The van der Waals surface area contributed by atoms with Gasteiger partial charge in [0, 0.05) is 17.9 Å². The highest BCUT2D eigenvalue weighted by Gasteiger charge is 2.22. The van der Waals surface area contributed by atoms with E-state index in [1.54, 1.807) is 0 Å². The van der Waals surface area contributed by atoms with Crippen LogP contribution in [0.1, 0.15) is 31.2 Å². The standard InChI is InChI=1S/C16H24ClNO3/c17-16-4-2-1-3-12(16)10-21-11-15(20)9-18-13-5-7-14(19)8-6-13/h1-4,13-15,18-20H,5-11H2/p+1/t13?,14?,15-/m1/s1. The van der Waals surface area contributed by atoms with Crippen molar-refractivity contribution in [3.05, 3.63) is 34.9 Å². The molecule has 1 aliphatic rings. The Bertz CT molecular complexity index is 422. The Kier molecular flexibility index (Phi) is 6.93. The highest BCUT2D eigenvalue weighted by Crippen LogP contribution is 2.16. The van der Waals surface area contributed by atoms with Crippen LogP contribution in [0.4, 0.5) is 0 Å². The van der Waals surface area contributed by atoms with Gasteiger partial charge in [0.2, 0.25) is 0 Å². The lowest BCUT2D eigenvalue weighted by atomic mass is 9.93. The molecule has 0 aliphatic heterocycles. The third-order valence-corrected chi connectivity index (χ3v) is 4.38. The molecule has 1 aromatic rings. The van der Waals surface area contributed by atoms with Crippen molar-refractivity contribution >= 4 is 11.6 Å². The molecular weight excluding hydrogens is 290 g/mol. The minimum absolute atomic E-state index is 0.126. The van der Waals surface area contributed by atoms with E-state index in [0.717, 1.165) is 31.2 Å². The lowest BCUT2D eigenvalue weighted by Gasteiger charge is -2.24. The average Bonchev–Trinajstić information content (AvgIpc) is 2.49. The summed E-state index contributed by atoms with van der Waals surface area (Å²) in [6, 6.07) is 8.09. The van der Waals surface area contributed by atoms with Gasteiger partial charge in [-0.05, 0) is 24.5 Å². The number of rotatable bonds is 7. The molecule has 0 aromatic heterocycles. The number of ether oxygens (including phenoxy) is 1. The Labute approximate surface area is 131 Å². The van der Waals surface area contributed by atoms with E-state index in [0.29, 0.717) is 30.8 Å². The van der Waals surface area contributed by atoms with Crippen molar-refractivity contribution in [1.29, 1.82) is 0 Å². The van der Waals surface area contributed by atoms with Gasteiger partial charge in [0.25, 0.3) is 0 Å². The molecular formula is C16H25ClNO3+. The zero-order valence-corrected chi connectivity index (χ0v) is 13.0. The van der Waals surface area contributed by atoms with Crippen LogP contribution in [0.2, 0.25) is 5.02 Å². The summed E-state index contributed by atoms with van der Waals surface area (Å²) in [7, 11) is 0. The molecule has 1 saturated carbocycles. The summed E-state index contributed by atoms with van der Waals surface area (Å²) in [6.07, 6.45) is 3.20. The van der Waals surface area contributed by atoms with E-state index in [1.807, 2.05) is 24.3 Å². The largest absolute Gasteiger partial charge is 0.393 e. The summed E-state index contributed by atoms with van der Waals surface area (Å²) in [5, 5.41) is 22.3. The Morgan fingerprint density at radius 1 is 1.24 bits per heavy atom. The predicted molar refractivity (Wildman–Crippen MR) is 82.2 cm³/mol. The van der Waals surface area contributed by atoms with Gasteiger partial charge in [-0.1, -0.05) is 29.8 Å². The van der Waals surface area contributed by atoms with Gasteiger partial charge in [-0.15, -0.1) is 0 Å². The Morgan fingerprint density at radius 2 is 1.95 bits per heavy atom. The molecule has 0 heterocycles. The first kappa shape index (κ1) is 16.7. The maximum atomic E-state index is 9.94. The van der Waals surface area contributed by atoms with Crippen LogP contribution in [-0.2, 0) is 11.3 Å². The summed E-state index contributed by atoms with van der Waals surface area (Å²) < 4.78 is 5.52. The SMILES string of the molecule is OC1CCC([NH2+]C[C@@H](O)COCc2ccccc2Cl)CC1. The fourth-order valence-electron chi connectivity index (χ4n) is 2.68. The van der Waals surface area contributed by atoms with Crippen molar-refractivity contribution in [1.82, 2.24) is 0 Å². The van der Waals surface area contributed by atoms with E-state index in [1.165, 1.54) is 0 Å². The molecule has 1 fully saturated rings. The third kappa shape index (κ3) is 5.93. The second-order valence-corrected chi connectivity index (χ2v) is 6.21. The minimum Gasteiger partial charge on any atom is -0.393 e. The summed E-state index contributed by atoms with van der Waals surface area (Å²) in [6.45, 7) is 1.38. The van der Waals surface area contributed by atoms with Crippen LogP contribution in [0.5, 0.6) is 0 Å². The average molecular weight is 315 g/mol. The Hall–Kier alpha value is -0.650. The third-order valence-electron chi connectivity index (χ3n) is 4.01. The number of aliphatic hydroxyl groups is 2. The summed E-state index contributed by atoms with van der Waals surface area (Å²) in [5.74, 6) is 0. The topological polar surface area (TPSA) is 66.3 Å². The second-order valence-electron chi connectivity index (χ2n) is 5.80. The molecule has 4 N–H and O–H groups in total. The molecule has 1 aliphatic carbocycles. The smallest absolute Gasteiger partial charge is 0.126 e. The number of halogens is 1. The van der Waals surface area contributed by atoms with E-state index in [9.17, 15) is 10.2 Å². The maximum Gasteiger partial charge on any atom is 0.126 e. The first-order valence-corrected chi connectivity index (χ1v) is 8.03. The monoisotopic (exact) mass is 314 g/mol. The number of hydrogen-bond acceptors (Lipinski definition) is 3. The van der Waals surface area contributed by atoms with Crippen LogP contribution < -0.4 is 5.32 Å². The van der Waals surface area contributed by atoms with Crippen molar-refractivity contribution in [2.45, 2.75) is 50.5 Å². The van der Waals surface area contributed by atoms with Gasteiger partial charge in [-0.25, -0.2) is 0 Å². The number of hydrogen-bond donors (Lipinski definition) is 3. The number of quaternary nitrogens is 1. The Balaban J connectivity index is 1.59. The van der Waals surface area contributed by atoms with Gasteiger partial charge in [0.15, 0.2) is 0 Å². The number of benzene rings is 1. The van der Waals surface area contributed by atoms with E-state index >= 15 is 0 Å². The zero-order chi connectivity index (χ0) is 15.1. The van der Waals surface area contributed by atoms with Gasteiger partial charge < -0.3 is 20.3 Å². The van der Waals surface area contributed by atoms with E-state index in [4.69, 9.17) is 16.3 Å². The quantitative estimate of drug-likeness (QED) is 0.706. The molecule has 0 bridgehead atoms. The lowest BCUT2D eigenvalue weighted by molar-refractivity contribution is -0.697. The van der Waals surface area contributed by atoms with Crippen molar-refractivity contribution in [3.8, 4) is 0 Å². The molecule has 2 rings (SSSR count). The highest BCUT2D eigenvalue weighted by molar-refractivity contribution is 6.31. The normalized spacial score (nSPS) is 24.0. The van der Waals surface area contributed by atoms with Crippen LogP contribution >= 0.6 is 11.6 Å². The molecule has 0 unspecified atom stereocenters. The molecule has 0 saturated heterocycles. The molecule has 1 aromatic carbocycles. The van der Waals surface area contributed by atoms with Crippen molar-refractivity contribution in [2.75, 3.05) is 13.2 Å². The van der Waals surface area contributed by atoms with Gasteiger partial charge in [-0.3, -0.25) is 0 Å². The van der Waals surface area contributed by atoms with Crippen molar-refractivity contribution in [2.24, 2.45) is 0 Å². The summed E-state index contributed by atoms with van der Waals surface area (Å²) in [5.41, 5.74) is 0.941. The second kappa shape index (κ2) is 8.71. The number of nitrogens with two attached hydrogens (primary N) is 1. The van der Waals surface area contributed by atoms with Gasteiger partial charge >= 0.3 is 0 Å².